The number of nitrogens with zero attached hydrogens (tertiary/aromatic N) is 2. The Balaban J connectivity index is 1.57. The van der Waals surface area contributed by atoms with E-state index in [9.17, 15) is 9.90 Å². The highest BCUT2D eigenvalue weighted by Crippen LogP contribution is 2.20. The van der Waals surface area contributed by atoms with E-state index >= 15 is 0 Å². The van der Waals surface area contributed by atoms with Gasteiger partial charge in [-0.25, -0.2) is 4.98 Å². The van der Waals surface area contributed by atoms with E-state index in [4.69, 9.17) is 0 Å². The van der Waals surface area contributed by atoms with E-state index in [1.807, 2.05) is 25.1 Å². The van der Waals surface area contributed by atoms with E-state index in [0.29, 0.717) is 18.8 Å². The zero-order valence-electron chi connectivity index (χ0n) is 12.5. The van der Waals surface area contributed by atoms with Crippen LogP contribution >= 0.6 is 11.8 Å². The number of aliphatic hydroxyl groups excluding tert-OH is 1. The second kappa shape index (κ2) is 6.54. The summed E-state index contributed by atoms with van der Waals surface area (Å²) in [5, 5.41) is 9.99. The van der Waals surface area contributed by atoms with Gasteiger partial charge in [-0.1, -0.05) is 42.1 Å². The third-order valence-electron chi connectivity index (χ3n) is 3.73. The highest BCUT2D eigenvalue weighted by molar-refractivity contribution is 7.99. The van der Waals surface area contributed by atoms with Gasteiger partial charge in [-0.05, 0) is 12.5 Å². The van der Waals surface area contributed by atoms with Crippen LogP contribution in [0.3, 0.4) is 0 Å². The molecule has 1 saturated heterocycles. The zero-order valence-corrected chi connectivity index (χ0v) is 13.3. The maximum atomic E-state index is 11.9. The fourth-order valence-electron chi connectivity index (χ4n) is 2.38. The van der Waals surface area contributed by atoms with Crippen molar-refractivity contribution in [2.45, 2.75) is 24.6 Å². The second-order valence-electron chi connectivity index (χ2n) is 5.52. The number of likely N-dealkylation sites (tertiary alicyclic amines) is 1. The molecule has 6 heteroatoms. The molecule has 0 spiro atoms. The van der Waals surface area contributed by atoms with Crippen LogP contribution in [0.15, 0.2) is 35.5 Å². The minimum Gasteiger partial charge on any atom is -0.389 e. The predicted octanol–water partition coefficient (Wildman–Crippen LogP) is 1.60. The number of thioether (sulfide) groups is 1. The van der Waals surface area contributed by atoms with Crippen molar-refractivity contribution in [3.63, 3.8) is 0 Å². The average Bonchev–Trinajstić information content (AvgIpc) is 2.83. The van der Waals surface area contributed by atoms with E-state index in [1.54, 1.807) is 4.90 Å². The van der Waals surface area contributed by atoms with Gasteiger partial charge < -0.3 is 15.0 Å². The molecule has 1 aliphatic heterocycles. The van der Waals surface area contributed by atoms with Gasteiger partial charge in [0.2, 0.25) is 5.91 Å². The molecule has 1 aliphatic rings. The van der Waals surface area contributed by atoms with Gasteiger partial charge in [-0.3, -0.25) is 4.79 Å². The predicted molar refractivity (Wildman–Crippen MR) is 85.9 cm³/mol. The fourth-order valence-corrected chi connectivity index (χ4v) is 3.22. The molecule has 0 atom stereocenters. The number of carbonyl (C=O) groups is 1. The zero-order chi connectivity index (χ0) is 15.5. The Bertz CT molecular complexity index is 651. The van der Waals surface area contributed by atoms with Crippen LogP contribution in [0, 0.1) is 6.92 Å². The number of nitrogens with one attached hydrogen (secondary N) is 1. The molecule has 2 N–H and O–H groups in total. The van der Waals surface area contributed by atoms with Crippen molar-refractivity contribution < 1.29 is 9.90 Å². The monoisotopic (exact) mass is 317 g/mol. The molecular formula is C16H19N3O2S. The standard InChI is InChI=1S/C16H19N3O2S/c1-11-14(7-12-5-3-2-4-6-12)18-16(17-11)22-10-15(21)19-8-13(20)9-19/h2-6,13,20H,7-10H2,1H3,(H,17,18). The van der Waals surface area contributed by atoms with Crippen LogP contribution in [0.2, 0.25) is 0 Å². The summed E-state index contributed by atoms with van der Waals surface area (Å²) in [6.07, 6.45) is 0.438. The van der Waals surface area contributed by atoms with Crippen LogP contribution in [0.25, 0.3) is 0 Å². The van der Waals surface area contributed by atoms with Gasteiger partial charge in [-0.15, -0.1) is 0 Å². The lowest BCUT2D eigenvalue weighted by Crippen LogP contribution is -2.54. The number of aromatic amines is 1. The Labute approximate surface area is 133 Å². The number of carbonyl (C=O) groups excluding carboxylic acids is 1. The van der Waals surface area contributed by atoms with Crippen LogP contribution in [-0.4, -0.2) is 50.8 Å². The fraction of sp³-hybridized carbons (Fsp3) is 0.375. The summed E-state index contributed by atoms with van der Waals surface area (Å²) in [5.41, 5.74) is 3.28. The number of H-pyrrole nitrogens is 1. The van der Waals surface area contributed by atoms with Crippen molar-refractivity contribution in [1.82, 2.24) is 14.9 Å². The van der Waals surface area contributed by atoms with Crippen molar-refractivity contribution in [2.75, 3.05) is 18.8 Å². The van der Waals surface area contributed by atoms with Gasteiger partial charge in [0.15, 0.2) is 5.16 Å². The number of aryl methyl sites for hydroxylation is 1. The van der Waals surface area contributed by atoms with Crippen LogP contribution in [0.4, 0.5) is 0 Å². The first-order valence-electron chi connectivity index (χ1n) is 7.30. The molecule has 3 rings (SSSR count). The lowest BCUT2D eigenvalue weighted by atomic mass is 10.1. The molecule has 116 valence electrons. The maximum Gasteiger partial charge on any atom is 0.233 e. The normalized spacial score (nSPS) is 14.9. The van der Waals surface area contributed by atoms with Gasteiger partial charge in [-0.2, -0.15) is 0 Å². The van der Waals surface area contributed by atoms with E-state index in [2.05, 4.69) is 22.1 Å². The lowest BCUT2D eigenvalue weighted by molar-refractivity contribution is -0.138. The number of benzene rings is 1. The number of aliphatic hydroxyl groups is 1. The quantitative estimate of drug-likeness (QED) is 0.822. The summed E-state index contributed by atoms with van der Waals surface area (Å²) in [5.74, 6) is 0.402. The summed E-state index contributed by atoms with van der Waals surface area (Å²) >= 11 is 1.41. The van der Waals surface area contributed by atoms with Crippen LogP contribution in [0.1, 0.15) is 17.0 Å². The molecule has 0 unspecified atom stereocenters. The molecule has 1 fully saturated rings. The van der Waals surface area contributed by atoms with Gasteiger partial charge in [0.25, 0.3) is 0 Å². The first-order chi connectivity index (χ1) is 10.6. The number of hydrogen-bond acceptors (Lipinski definition) is 4. The third kappa shape index (κ3) is 3.51. The summed E-state index contributed by atoms with van der Waals surface area (Å²) in [7, 11) is 0. The Morgan fingerprint density at radius 3 is 2.82 bits per heavy atom. The highest BCUT2D eigenvalue weighted by Gasteiger charge is 2.28. The van der Waals surface area contributed by atoms with Gasteiger partial charge in [0.1, 0.15) is 0 Å². The third-order valence-corrected chi connectivity index (χ3v) is 4.58. The van der Waals surface area contributed by atoms with Crippen LogP contribution in [0.5, 0.6) is 0 Å². The van der Waals surface area contributed by atoms with Crippen LogP contribution < -0.4 is 0 Å². The van der Waals surface area contributed by atoms with E-state index in [1.165, 1.54) is 17.3 Å². The van der Waals surface area contributed by atoms with Crippen molar-refractivity contribution >= 4 is 17.7 Å². The first-order valence-corrected chi connectivity index (χ1v) is 8.28. The number of amides is 1. The van der Waals surface area contributed by atoms with Gasteiger partial charge >= 0.3 is 0 Å². The van der Waals surface area contributed by atoms with Crippen molar-refractivity contribution in [1.29, 1.82) is 0 Å². The minimum absolute atomic E-state index is 0.0500. The summed E-state index contributed by atoms with van der Waals surface area (Å²) in [4.78, 5) is 21.4. The molecule has 0 radical (unpaired) electrons. The summed E-state index contributed by atoms with van der Waals surface area (Å²) in [6, 6.07) is 10.2. The van der Waals surface area contributed by atoms with Crippen molar-refractivity contribution in [3.05, 3.63) is 47.3 Å². The lowest BCUT2D eigenvalue weighted by Gasteiger charge is -2.35. The molecule has 0 bridgehead atoms. The Morgan fingerprint density at radius 1 is 1.41 bits per heavy atom. The highest BCUT2D eigenvalue weighted by atomic mass is 32.2. The smallest absolute Gasteiger partial charge is 0.233 e. The Hall–Kier alpha value is -1.79. The SMILES string of the molecule is Cc1[nH]c(SCC(=O)N2CC(O)C2)nc1Cc1ccccc1. The minimum atomic E-state index is -0.350. The summed E-state index contributed by atoms with van der Waals surface area (Å²) < 4.78 is 0. The number of β-amino-alcohol motifs (C(OH)–C–C–N with tert-alkyl or cyclic N) is 1. The molecule has 1 amide bonds. The largest absolute Gasteiger partial charge is 0.389 e. The Morgan fingerprint density at radius 2 is 2.14 bits per heavy atom. The van der Waals surface area contributed by atoms with Gasteiger partial charge in [0, 0.05) is 25.2 Å². The topological polar surface area (TPSA) is 69.2 Å². The summed E-state index contributed by atoms with van der Waals surface area (Å²) in [6.45, 7) is 2.91. The molecule has 5 nitrogen and oxygen atoms in total. The molecule has 2 aromatic rings. The van der Waals surface area contributed by atoms with E-state index in [-0.39, 0.29) is 12.0 Å². The molecule has 0 aliphatic carbocycles. The van der Waals surface area contributed by atoms with Crippen molar-refractivity contribution in [2.24, 2.45) is 0 Å². The number of rotatable bonds is 5. The molecule has 22 heavy (non-hydrogen) atoms. The van der Waals surface area contributed by atoms with E-state index < -0.39 is 0 Å². The number of imidazole rings is 1. The van der Waals surface area contributed by atoms with E-state index in [0.717, 1.165) is 23.0 Å². The molecule has 2 heterocycles. The average molecular weight is 317 g/mol. The van der Waals surface area contributed by atoms with Gasteiger partial charge in [0.05, 0.1) is 17.6 Å². The molecule has 1 aromatic carbocycles. The van der Waals surface area contributed by atoms with Crippen LogP contribution in [-0.2, 0) is 11.2 Å². The first kappa shape index (κ1) is 15.1. The van der Waals surface area contributed by atoms with Crippen molar-refractivity contribution in [3.8, 4) is 0 Å². The number of aromatic nitrogens is 2. The Kier molecular flexibility index (Phi) is 4.49. The maximum absolute atomic E-state index is 11.9. The molecule has 1 aromatic heterocycles. The second-order valence-corrected chi connectivity index (χ2v) is 6.48. The number of hydrogen-bond donors (Lipinski definition) is 2. The molecular weight excluding hydrogens is 298 g/mol. The molecule has 0 saturated carbocycles.